The van der Waals surface area contributed by atoms with Gasteiger partial charge in [0.25, 0.3) is 0 Å². The molecule has 0 aliphatic carbocycles. The normalized spacial score (nSPS) is 10.7. The number of imidazole rings is 1. The van der Waals surface area contributed by atoms with E-state index in [1.807, 2.05) is 19.1 Å². The highest BCUT2D eigenvalue weighted by Crippen LogP contribution is 2.27. The smallest absolute Gasteiger partial charge is 0.360 e. The summed E-state index contributed by atoms with van der Waals surface area (Å²) in [5.41, 5.74) is 7.11. The quantitative estimate of drug-likeness (QED) is 0.609. The van der Waals surface area contributed by atoms with Crippen LogP contribution in [0.1, 0.15) is 30.2 Å². The fourth-order valence-electron chi connectivity index (χ4n) is 2.00. The Labute approximate surface area is 141 Å². The summed E-state index contributed by atoms with van der Waals surface area (Å²) in [6.45, 7) is 3.98. The lowest BCUT2D eigenvalue weighted by atomic mass is 10.3. The molecule has 7 heteroatoms. The van der Waals surface area contributed by atoms with Gasteiger partial charge < -0.3 is 10.5 Å². The zero-order chi connectivity index (χ0) is 15.6. The monoisotopic (exact) mass is 419 g/mol. The number of halogens is 2. The minimum absolute atomic E-state index is 0.152. The van der Waals surface area contributed by atoms with Crippen LogP contribution in [0.3, 0.4) is 0 Å². The Morgan fingerprint density at radius 3 is 2.76 bits per heavy atom. The molecule has 2 aromatic rings. The highest BCUT2D eigenvalue weighted by atomic mass is 127. The van der Waals surface area contributed by atoms with Gasteiger partial charge in [-0.05, 0) is 47.7 Å². The predicted molar refractivity (Wildman–Crippen MR) is 91.0 cm³/mol. The second-order valence-corrected chi connectivity index (χ2v) is 5.87. The van der Waals surface area contributed by atoms with Crippen LogP contribution in [0.15, 0.2) is 18.2 Å². The van der Waals surface area contributed by atoms with Crippen molar-refractivity contribution in [1.29, 1.82) is 0 Å². The van der Waals surface area contributed by atoms with Crippen LogP contribution in [0.5, 0.6) is 0 Å². The van der Waals surface area contributed by atoms with Gasteiger partial charge in [0.05, 0.1) is 12.3 Å². The van der Waals surface area contributed by atoms with Gasteiger partial charge in [0.15, 0.2) is 5.69 Å². The van der Waals surface area contributed by atoms with Gasteiger partial charge in [-0.15, -0.1) is 0 Å². The Morgan fingerprint density at radius 2 is 2.19 bits per heavy atom. The lowest BCUT2D eigenvalue weighted by molar-refractivity contribution is 0.0521. The molecule has 5 nitrogen and oxygen atoms in total. The van der Waals surface area contributed by atoms with E-state index < -0.39 is 5.97 Å². The summed E-state index contributed by atoms with van der Waals surface area (Å²) in [6, 6.07) is 5.47. The van der Waals surface area contributed by atoms with Crippen LogP contribution in [0.25, 0.3) is 5.69 Å². The molecule has 0 atom stereocenters. The average Bonchev–Trinajstić information content (AvgIpc) is 2.76. The van der Waals surface area contributed by atoms with Crippen LogP contribution >= 0.6 is 34.2 Å². The van der Waals surface area contributed by atoms with E-state index in [1.165, 1.54) is 0 Å². The van der Waals surface area contributed by atoms with Crippen molar-refractivity contribution in [2.75, 3.05) is 12.3 Å². The molecule has 0 amide bonds. The molecule has 1 heterocycles. The molecule has 0 bridgehead atoms. The van der Waals surface area contributed by atoms with Crippen molar-refractivity contribution in [2.45, 2.75) is 20.3 Å². The molecular weight excluding hydrogens is 405 g/mol. The van der Waals surface area contributed by atoms with E-state index in [2.05, 4.69) is 27.6 Å². The number of anilines is 1. The number of ether oxygens (including phenoxy) is 1. The third-order valence-corrected chi connectivity index (χ3v) is 4.02. The highest BCUT2D eigenvalue weighted by Gasteiger charge is 2.22. The van der Waals surface area contributed by atoms with Crippen LogP contribution < -0.4 is 5.73 Å². The van der Waals surface area contributed by atoms with Gasteiger partial charge >= 0.3 is 5.97 Å². The van der Waals surface area contributed by atoms with Gasteiger partial charge in [0.2, 0.25) is 0 Å². The maximum absolute atomic E-state index is 11.9. The number of esters is 1. The van der Waals surface area contributed by atoms with Crippen LogP contribution in [0.4, 0.5) is 5.82 Å². The summed E-state index contributed by atoms with van der Waals surface area (Å²) in [7, 11) is 0. The molecule has 0 spiro atoms. The summed E-state index contributed by atoms with van der Waals surface area (Å²) in [6.07, 6.45) is 0.641. The molecule has 0 fully saturated rings. The number of nitrogen functional groups attached to an aromatic ring is 1. The molecule has 2 N–H and O–H groups in total. The molecule has 2 rings (SSSR count). The Balaban J connectivity index is 2.60. The van der Waals surface area contributed by atoms with Crippen molar-refractivity contribution in [3.8, 4) is 5.69 Å². The molecule has 0 saturated carbocycles. The molecule has 1 aromatic heterocycles. The van der Waals surface area contributed by atoms with Crippen molar-refractivity contribution in [3.63, 3.8) is 0 Å². The van der Waals surface area contributed by atoms with Gasteiger partial charge in [-0.3, -0.25) is 4.57 Å². The van der Waals surface area contributed by atoms with Crippen molar-refractivity contribution >= 4 is 46.0 Å². The van der Waals surface area contributed by atoms with Gasteiger partial charge in [-0.1, -0.05) is 18.5 Å². The average molecular weight is 420 g/mol. The van der Waals surface area contributed by atoms with E-state index >= 15 is 0 Å². The van der Waals surface area contributed by atoms with E-state index in [4.69, 9.17) is 22.1 Å². The van der Waals surface area contributed by atoms with Crippen LogP contribution in [-0.4, -0.2) is 22.1 Å². The second-order valence-electron chi connectivity index (χ2n) is 4.27. The Hall–Kier alpha value is -1.28. The van der Waals surface area contributed by atoms with E-state index in [1.54, 1.807) is 17.6 Å². The van der Waals surface area contributed by atoms with E-state index in [0.29, 0.717) is 17.3 Å². The first-order valence-corrected chi connectivity index (χ1v) is 7.94. The van der Waals surface area contributed by atoms with E-state index in [-0.39, 0.29) is 18.1 Å². The summed E-state index contributed by atoms with van der Waals surface area (Å²) in [4.78, 5) is 16.2. The molecule has 1 aromatic carbocycles. The summed E-state index contributed by atoms with van der Waals surface area (Å²) >= 11 is 8.16. The number of hydrogen-bond acceptors (Lipinski definition) is 4. The minimum atomic E-state index is -0.507. The van der Waals surface area contributed by atoms with Gasteiger partial charge in [0.1, 0.15) is 11.6 Å². The fourth-order valence-corrected chi connectivity index (χ4v) is 3.11. The summed E-state index contributed by atoms with van der Waals surface area (Å²) in [5, 5.41) is 0.644. The Bertz CT molecular complexity index is 685. The van der Waals surface area contributed by atoms with Crippen molar-refractivity contribution < 1.29 is 9.53 Å². The third-order valence-electron chi connectivity index (χ3n) is 2.92. The van der Waals surface area contributed by atoms with Gasteiger partial charge in [-0.2, -0.15) is 0 Å². The molecule has 0 radical (unpaired) electrons. The van der Waals surface area contributed by atoms with E-state index in [0.717, 1.165) is 9.26 Å². The Morgan fingerprint density at radius 1 is 1.48 bits per heavy atom. The first-order valence-electron chi connectivity index (χ1n) is 6.49. The SMILES string of the molecule is CCOC(=O)c1nc(CC)n(-c2ccc(Cl)cc2I)c1N. The zero-order valence-electron chi connectivity index (χ0n) is 11.7. The van der Waals surface area contributed by atoms with Crippen molar-refractivity contribution in [1.82, 2.24) is 9.55 Å². The number of hydrogen-bond donors (Lipinski definition) is 1. The van der Waals surface area contributed by atoms with E-state index in [9.17, 15) is 4.79 Å². The minimum Gasteiger partial charge on any atom is -0.461 e. The first-order chi connectivity index (χ1) is 9.99. The molecule has 0 aliphatic rings. The number of benzene rings is 1. The first kappa shape index (κ1) is 16.1. The maximum atomic E-state index is 11.9. The second kappa shape index (κ2) is 6.65. The van der Waals surface area contributed by atoms with Crippen LogP contribution in [0.2, 0.25) is 5.02 Å². The van der Waals surface area contributed by atoms with Gasteiger partial charge in [0, 0.05) is 15.0 Å². The predicted octanol–water partition coefficient (Wildman–Crippen LogP) is 3.45. The summed E-state index contributed by atoms with van der Waals surface area (Å²) < 4.78 is 7.68. The lowest BCUT2D eigenvalue weighted by Crippen LogP contribution is -2.10. The number of nitrogens with zero attached hydrogens (tertiary/aromatic N) is 2. The molecule has 0 unspecified atom stereocenters. The maximum Gasteiger partial charge on any atom is 0.360 e. The number of carbonyl (C=O) groups is 1. The van der Waals surface area contributed by atoms with Crippen molar-refractivity contribution in [2.24, 2.45) is 0 Å². The summed E-state index contributed by atoms with van der Waals surface area (Å²) in [5.74, 6) is 0.480. The lowest BCUT2D eigenvalue weighted by Gasteiger charge is -2.11. The largest absolute Gasteiger partial charge is 0.461 e. The Kier molecular flexibility index (Phi) is 5.10. The molecule has 0 saturated heterocycles. The van der Waals surface area contributed by atoms with Gasteiger partial charge in [-0.25, -0.2) is 9.78 Å². The third kappa shape index (κ3) is 3.16. The highest BCUT2D eigenvalue weighted by molar-refractivity contribution is 14.1. The molecular formula is C14H15ClIN3O2. The molecule has 21 heavy (non-hydrogen) atoms. The topological polar surface area (TPSA) is 70.1 Å². The number of aromatic nitrogens is 2. The molecule has 0 aliphatic heterocycles. The standard InChI is InChI=1S/C14H15ClIN3O2/c1-3-11-18-12(14(20)21-4-2)13(17)19(11)10-6-5-8(15)7-9(10)16/h5-7H,3-4,17H2,1-2H3. The fraction of sp³-hybridized carbons (Fsp3) is 0.286. The number of rotatable bonds is 4. The van der Waals surface area contributed by atoms with Crippen LogP contribution in [-0.2, 0) is 11.2 Å². The number of aryl methyl sites for hydroxylation is 1. The number of nitrogens with two attached hydrogens (primary N) is 1. The molecule has 112 valence electrons. The van der Waals surface area contributed by atoms with Crippen LogP contribution in [0, 0.1) is 3.57 Å². The number of carbonyl (C=O) groups excluding carboxylic acids is 1. The van der Waals surface area contributed by atoms with Crippen molar-refractivity contribution in [3.05, 3.63) is 38.3 Å². The zero-order valence-corrected chi connectivity index (χ0v) is 14.6.